The van der Waals surface area contributed by atoms with E-state index < -0.39 is 15.8 Å². The fraction of sp³-hybridized carbons (Fsp3) is 0.111. The monoisotopic (exact) mass is 475 g/mol. The average Bonchev–Trinajstić information content (AvgIpc) is 3.08. The number of aromatic nitrogens is 2. The Kier molecular flexibility index (Phi) is 6.06. The molecule has 0 spiro atoms. The third kappa shape index (κ3) is 4.60. The zero-order chi connectivity index (χ0) is 21.8. The van der Waals surface area contributed by atoms with Gasteiger partial charge in [-0.05, 0) is 44.6 Å². The summed E-state index contributed by atoms with van der Waals surface area (Å²) in [5.74, 6) is -0.590. The van der Waals surface area contributed by atoms with Crippen LogP contribution in [-0.2, 0) is 6.54 Å². The van der Waals surface area contributed by atoms with E-state index in [4.69, 9.17) is 4.74 Å². The zero-order valence-corrected chi connectivity index (χ0v) is 17.0. The molecule has 154 valence electrons. The lowest BCUT2D eigenvalue weighted by Gasteiger charge is -2.10. The van der Waals surface area contributed by atoms with Gasteiger partial charge in [0.25, 0.3) is 11.6 Å². The molecule has 11 nitrogen and oxygen atoms in total. The molecule has 0 saturated heterocycles. The maximum Gasteiger partial charge on any atom is 0.404 e. The van der Waals surface area contributed by atoms with Gasteiger partial charge in [0.2, 0.25) is 0 Å². The number of carbonyl (C=O) groups is 1. The van der Waals surface area contributed by atoms with Gasteiger partial charge in [0.1, 0.15) is 10.2 Å². The smallest absolute Gasteiger partial charge is 0.404 e. The second kappa shape index (κ2) is 8.69. The first-order chi connectivity index (χ1) is 14.3. The highest BCUT2D eigenvalue weighted by atomic mass is 79.9. The van der Waals surface area contributed by atoms with E-state index in [-0.39, 0.29) is 34.0 Å². The lowest BCUT2D eigenvalue weighted by atomic mass is 10.1. The molecule has 0 aliphatic heterocycles. The molecule has 0 unspecified atom stereocenters. The van der Waals surface area contributed by atoms with Crippen molar-refractivity contribution in [1.29, 1.82) is 0 Å². The first-order valence-electron chi connectivity index (χ1n) is 8.38. The highest BCUT2D eigenvalue weighted by Gasteiger charge is 2.19. The quantitative estimate of drug-likeness (QED) is 0.404. The Morgan fingerprint density at radius 3 is 2.60 bits per heavy atom. The molecule has 0 aliphatic rings. The molecular weight excluding hydrogens is 462 g/mol. The molecule has 1 amide bonds. The summed E-state index contributed by atoms with van der Waals surface area (Å²) in [6.07, 6.45) is 1.48. The maximum atomic E-state index is 12.6. The van der Waals surface area contributed by atoms with Crippen LogP contribution in [0.15, 0.2) is 53.1 Å². The molecule has 3 aromatic rings. The van der Waals surface area contributed by atoms with Crippen LogP contribution in [0.5, 0.6) is 5.75 Å². The van der Waals surface area contributed by atoms with Crippen LogP contribution in [0.1, 0.15) is 15.9 Å². The number of halogens is 1. The molecule has 0 radical (unpaired) electrons. The number of amides is 1. The van der Waals surface area contributed by atoms with Crippen molar-refractivity contribution in [1.82, 2.24) is 9.78 Å². The number of nitrogens with one attached hydrogen (secondary N) is 1. The van der Waals surface area contributed by atoms with Crippen molar-refractivity contribution in [2.75, 3.05) is 12.4 Å². The van der Waals surface area contributed by atoms with E-state index in [1.54, 1.807) is 24.3 Å². The lowest BCUT2D eigenvalue weighted by molar-refractivity contribution is -0.390. The number of carbonyl (C=O) groups excluding carboxylic acids is 1. The maximum absolute atomic E-state index is 12.6. The van der Waals surface area contributed by atoms with Crippen molar-refractivity contribution in [2.45, 2.75) is 6.54 Å². The number of non-ortho nitro benzene ring substituents is 1. The summed E-state index contributed by atoms with van der Waals surface area (Å²) >= 11 is 3.09. The Balaban J connectivity index is 1.79. The van der Waals surface area contributed by atoms with Crippen LogP contribution in [0.2, 0.25) is 0 Å². The van der Waals surface area contributed by atoms with Gasteiger partial charge in [-0.3, -0.25) is 14.9 Å². The summed E-state index contributed by atoms with van der Waals surface area (Å²) in [6.45, 7) is 0.217. The molecule has 2 aromatic carbocycles. The van der Waals surface area contributed by atoms with Crippen molar-refractivity contribution in [3.63, 3.8) is 0 Å². The molecule has 30 heavy (non-hydrogen) atoms. The lowest BCUT2D eigenvalue weighted by Crippen LogP contribution is -2.13. The third-order valence-corrected chi connectivity index (χ3v) is 4.61. The third-order valence-electron chi connectivity index (χ3n) is 4.05. The van der Waals surface area contributed by atoms with Gasteiger partial charge in [-0.1, -0.05) is 12.1 Å². The number of rotatable bonds is 7. The number of nitrogens with zero attached hydrogens (tertiary/aromatic N) is 4. The van der Waals surface area contributed by atoms with E-state index in [0.717, 1.165) is 0 Å². The summed E-state index contributed by atoms with van der Waals surface area (Å²) in [5, 5.41) is 28.3. The summed E-state index contributed by atoms with van der Waals surface area (Å²) in [5.41, 5.74) is 1.15. The predicted octanol–water partition coefficient (Wildman–Crippen LogP) is 3.77. The van der Waals surface area contributed by atoms with Gasteiger partial charge >= 0.3 is 5.82 Å². The Bertz CT molecular complexity index is 1150. The second-order valence-corrected chi connectivity index (χ2v) is 6.91. The summed E-state index contributed by atoms with van der Waals surface area (Å²) < 4.78 is 6.76. The van der Waals surface area contributed by atoms with Crippen molar-refractivity contribution in [2.24, 2.45) is 0 Å². The first kappa shape index (κ1) is 20.9. The van der Waals surface area contributed by atoms with Crippen LogP contribution in [-0.4, -0.2) is 32.6 Å². The highest BCUT2D eigenvalue weighted by Crippen LogP contribution is 2.29. The van der Waals surface area contributed by atoms with Crippen molar-refractivity contribution in [3.8, 4) is 5.75 Å². The summed E-state index contributed by atoms with van der Waals surface area (Å²) in [6, 6.07) is 10.5. The number of benzene rings is 2. The highest BCUT2D eigenvalue weighted by molar-refractivity contribution is 9.10. The Morgan fingerprint density at radius 1 is 1.20 bits per heavy atom. The van der Waals surface area contributed by atoms with Gasteiger partial charge in [-0.2, -0.15) is 4.68 Å². The van der Waals surface area contributed by atoms with Crippen LogP contribution in [0, 0.1) is 20.2 Å². The van der Waals surface area contributed by atoms with E-state index >= 15 is 0 Å². The molecule has 1 aromatic heterocycles. The van der Waals surface area contributed by atoms with Crippen molar-refractivity contribution in [3.05, 3.63) is 84.5 Å². The molecule has 3 rings (SSSR count). The topological polar surface area (TPSA) is 142 Å². The molecule has 1 heterocycles. The second-order valence-electron chi connectivity index (χ2n) is 6.05. The minimum absolute atomic E-state index is 0.155. The number of nitro benzene ring substituents is 1. The van der Waals surface area contributed by atoms with Gasteiger partial charge in [-0.25, -0.2) is 0 Å². The standard InChI is InChI=1S/C18H14BrN5O6/c1-30-16-8-13(23(26)27)5-6-15(16)20-18(25)12-4-2-3-11(7-12)9-22-10-14(19)17(21-22)24(28)29/h2-8,10H,9H2,1H3,(H,20,25). The van der Waals surface area contributed by atoms with Crippen molar-refractivity contribution < 1.29 is 19.4 Å². The molecular formula is C18H14BrN5O6. The van der Waals surface area contributed by atoms with Gasteiger partial charge in [-0.15, -0.1) is 0 Å². The van der Waals surface area contributed by atoms with Crippen LogP contribution in [0.4, 0.5) is 17.2 Å². The van der Waals surface area contributed by atoms with E-state index in [9.17, 15) is 25.0 Å². The van der Waals surface area contributed by atoms with E-state index in [0.29, 0.717) is 11.1 Å². The Morgan fingerprint density at radius 2 is 1.97 bits per heavy atom. The number of anilines is 1. The van der Waals surface area contributed by atoms with Crippen LogP contribution in [0.25, 0.3) is 0 Å². The fourth-order valence-electron chi connectivity index (χ4n) is 2.68. The Hall–Kier alpha value is -3.80. The van der Waals surface area contributed by atoms with Gasteiger partial charge < -0.3 is 20.2 Å². The van der Waals surface area contributed by atoms with E-state index in [1.165, 1.54) is 36.2 Å². The molecule has 0 saturated carbocycles. The molecule has 12 heteroatoms. The van der Waals surface area contributed by atoms with Gasteiger partial charge in [0, 0.05) is 11.6 Å². The van der Waals surface area contributed by atoms with E-state index in [2.05, 4.69) is 26.3 Å². The SMILES string of the molecule is COc1cc([N+](=O)[O-])ccc1NC(=O)c1cccc(Cn2cc(Br)c([N+](=O)[O-])n2)c1. The van der Waals surface area contributed by atoms with Crippen LogP contribution < -0.4 is 10.1 Å². The number of hydrogen-bond donors (Lipinski definition) is 1. The predicted molar refractivity (Wildman–Crippen MR) is 110 cm³/mol. The number of methoxy groups -OCH3 is 1. The van der Waals surface area contributed by atoms with E-state index in [1.807, 2.05) is 0 Å². The molecule has 0 atom stereocenters. The fourth-order valence-corrected chi connectivity index (χ4v) is 3.14. The summed E-state index contributed by atoms with van der Waals surface area (Å²) in [4.78, 5) is 33.3. The largest absolute Gasteiger partial charge is 0.494 e. The Labute approximate surface area is 177 Å². The molecule has 1 N–H and O–H groups in total. The van der Waals surface area contributed by atoms with Gasteiger partial charge in [0.15, 0.2) is 0 Å². The first-order valence-corrected chi connectivity index (χ1v) is 9.18. The number of hydrogen-bond acceptors (Lipinski definition) is 7. The van der Waals surface area contributed by atoms with Crippen LogP contribution in [0.3, 0.4) is 0 Å². The zero-order valence-electron chi connectivity index (χ0n) is 15.4. The van der Waals surface area contributed by atoms with Crippen LogP contribution >= 0.6 is 15.9 Å². The number of nitro groups is 2. The normalized spacial score (nSPS) is 10.5. The molecule has 0 fully saturated rings. The average molecular weight is 476 g/mol. The number of ether oxygens (including phenoxy) is 1. The molecule has 0 aliphatic carbocycles. The summed E-state index contributed by atoms with van der Waals surface area (Å²) in [7, 11) is 1.34. The minimum atomic E-state index is -0.595. The van der Waals surface area contributed by atoms with Gasteiger partial charge in [0.05, 0.1) is 41.6 Å². The molecule has 0 bridgehead atoms. The minimum Gasteiger partial charge on any atom is -0.494 e. The van der Waals surface area contributed by atoms with Crippen molar-refractivity contribution >= 4 is 39.0 Å².